The third-order valence-corrected chi connectivity index (χ3v) is 3.42. The van der Waals surface area contributed by atoms with Gasteiger partial charge in [0.2, 0.25) is 0 Å². The molecule has 0 aromatic heterocycles. The summed E-state index contributed by atoms with van der Waals surface area (Å²) in [4.78, 5) is 12.2. The molecular formula is C16H16ClNO3. The molecule has 0 saturated carbocycles. The molecule has 110 valence electrons. The number of carbonyl (C=O) groups excluding carboxylic acids is 1. The van der Waals surface area contributed by atoms with Gasteiger partial charge in [-0.2, -0.15) is 0 Å². The maximum Gasteiger partial charge on any atom is 0.255 e. The largest absolute Gasteiger partial charge is 0.507 e. The third kappa shape index (κ3) is 3.67. The summed E-state index contributed by atoms with van der Waals surface area (Å²) in [5.41, 5.74) is 1.10. The minimum Gasteiger partial charge on any atom is -0.507 e. The lowest BCUT2D eigenvalue weighted by atomic mass is 10.1. The lowest BCUT2D eigenvalue weighted by Gasteiger charge is -2.15. The highest BCUT2D eigenvalue weighted by atomic mass is 35.5. The van der Waals surface area contributed by atoms with Crippen molar-refractivity contribution in [2.45, 2.75) is 13.0 Å². The zero-order chi connectivity index (χ0) is 15.4. The van der Waals surface area contributed by atoms with Crippen LogP contribution < -0.4 is 10.1 Å². The number of benzene rings is 2. The molecule has 0 bridgehead atoms. The van der Waals surface area contributed by atoms with Gasteiger partial charge < -0.3 is 15.2 Å². The number of phenols is 1. The second-order valence-electron chi connectivity index (χ2n) is 4.63. The molecule has 0 aliphatic carbocycles. The number of carbonyl (C=O) groups is 1. The minimum atomic E-state index is -0.367. The molecule has 0 aliphatic rings. The number of ether oxygens (including phenoxy) is 1. The molecule has 0 fully saturated rings. The van der Waals surface area contributed by atoms with Crippen LogP contribution in [0.3, 0.4) is 0 Å². The molecule has 1 atom stereocenters. The van der Waals surface area contributed by atoms with Crippen molar-refractivity contribution in [3.8, 4) is 11.5 Å². The van der Waals surface area contributed by atoms with E-state index in [0.29, 0.717) is 10.8 Å². The van der Waals surface area contributed by atoms with E-state index >= 15 is 0 Å². The van der Waals surface area contributed by atoms with Crippen LogP contribution in [0, 0.1) is 0 Å². The lowest BCUT2D eigenvalue weighted by Crippen LogP contribution is -2.26. The van der Waals surface area contributed by atoms with E-state index in [1.165, 1.54) is 19.2 Å². The van der Waals surface area contributed by atoms with E-state index in [2.05, 4.69) is 5.32 Å². The van der Waals surface area contributed by atoms with Crippen LogP contribution in [0.25, 0.3) is 0 Å². The quantitative estimate of drug-likeness (QED) is 0.908. The topological polar surface area (TPSA) is 58.6 Å². The summed E-state index contributed by atoms with van der Waals surface area (Å²) in [5.74, 6) is 0.0579. The van der Waals surface area contributed by atoms with Crippen molar-refractivity contribution >= 4 is 17.5 Å². The van der Waals surface area contributed by atoms with Crippen LogP contribution in [0.5, 0.6) is 11.5 Å². The summed E-state index contributed by atoms with van der Waals surface area (Å²) >= 11 is 5.84. The van der Waals surface area contributed by atoms with Crippen LogP contribution in [0.15, 0.2) is 42.5 Å². The van der Waals surface area contributed by atoms with Crippen molar-refractivity contribution in [2.24, 2.45) is 0 Å². The number of amides is 1. The van der Waals surface area contributed by atoms with Crippen LogP contribution in [0.2, 0.25) is 5.02 Å². The zero-order valence-electron chi connectivity index (χ0n) is 11.8. The third-order valence-electron chi connectivity index (χ3n) is 3.17. The van der Waals surface area contributed by atoms with Crippen molar-refractivity contribution in [1.82, 2.24) is 5.32 Å². The Balaban J connectivity index is 2.15. The van der Waals surface area contributed by atoms with Crippen LogP contribution in [0.4, 0.5) is 0 Å². The summed E-state index contributed by atoms with van der Waals surface area (Å²) in [5, 5.41) is 13.3. The van der Waals surface area contributed by atoms with Crippen LogP contribution >= 0.6 is 11.6 Å². The molecule has 0 heterocycles. The van der Waals surface area contributed by atoms with Crippen molar-refractivity contribution in [3.05, 3.63) is 58.6 Å². The molecular weight excluding hydrogens is 290 g/mol. The predicted octanol–water partition coefficient (Wildman–Crippen LogP) is 3.55. The Morgan fingerprint density at radius 2 is 1.90 bits per heavy atom. The number of halogens is 1. The molecule has 0 radical (unpaired) electrons. The van der Waals surface area contributed by atoms with Gasteiger partial charge in [0.15, 0.2) is 0 Å². The van der Waals surface area contributed by atoms with Gasteiger partial charge in [0.25, 0.3) is 5.91 Å². The second kappa shape index (κ2) is 6.50. The fraction of sp³-hybridized carbons (Fsp3) is 0.188. The van der Waals surface area contributed by atoms with Gasteiger partial charge in [-0.1, -0.05) is 23.7 Å². The number of hydrogen-bond donors (Lipinski definition) is 2. The highest BCUT2D eigenvalue weighted by molar-refractivity contribution is 6.30. The van der Waals surface area contributed by atoms with E-state index in [9.17, 15) is 9.90 Å². The first-order valence-corrected chi connectivity index (χ1v) is 6.82. The van der Waals surface area contributed by atoms with E-state index in [-0.39, 0.29) is 23.3 Å². The summed E-state index contributed by atoms with van der Waals surface area (Å²) in [6.07, 6.45) is 0. The fourth-order valence-electron chi connectivity index (χ4n) is 1.93. The molecule has 2 aromatic carbocycles. The molecule has 4 nitrogen and oxygen atoms in total. The molecule has 1 amide bonds. The van der Waals surface area contributed by atoms with Gasteiger partial charge in [-0.25, -0.2) is 0 Å². The molecule has 2 N–H and O–H groups in total. The zero-order valence-corrected chi connectivity index (χ0v) is 12.5. The number of aromatic hydroxyl groups is 1. The van der Waals surface area contributed by atoms with E-state index in [4.69, 9.17) is 16.3 Å². The summed E-state index contributed by atoms with van der Waals surface area (Å²) < 4.78 is 5.06. The summed E-state index contributed by atoms with van der Waals surface area (Å²) in [6, 6.07) is 11.5. The van der Waals surface area contributed by atoms with Crippen molar-refractivity contribution < 1.29 is 14.6 Å². The van der Waals surface area contributed by atoms with Crippen LogP contribution in [-0.2, 0) is 0 Å². The van der Waals surface area contributed by atoms with Gasteiger partial charge >= 0.3 is 0 Å². The second-order valence-corrected chi connectivity index (χ2v) is 5.07. The van der Waals surface area contributed by atoms with E-state index in [0.717, 1.165) is 5.56 Å². The highest BCUT2D eigenvalue weighted by Crippen LogP contribution is 2.24. The first-order valence-electron chi connectivity index (χ1n) is 6.44. The SMILES string of the molecule is COc1ccc(O)c(C(=O)NC(C)c2ccc(Cl)cc2)c1. The molecule has 0 spiro atoms. The summed E-state index contributed by atoms with van der Waals surface area (Å²) in [7, 11) is 1.50. The number of methoxy groups -OCH3 is 1. The Hall–Kier alpha value is -2.20. The molecule has 5 heteroatoms. The molecule has 21 heavy (non-hydrogen) atoms. The average molecular weight is 306 g/mol. The Bertz CT molecular complexity index is 640. The van der Waals surface area contributed by atoms with Crippen LogP contribution in [-0.4, -0.2) is 18.1 Å². The number of phenolic OH excluding ortho intramolecular Hbond substituents is 1. The van der Waals surface area contributed by atoms with Gasteiger partial charge in [-0.3, -0.25) is 4.79 Å². The monoisotopic (exact) mass is 305 g/mol. The predicted molar refractivity (Wildman–Crippen MR) is 82.0 cm³/mol. The molecule has 0 saturated heterocycles. The first-order chi connectivity index (χ1) is 10.0. The lowest BCUT2D eigenvalue weighted by molar-refractivity contribution is 0.0937. The standard InChI is InChI=1S/C16H16ClNO3/c1-10(11-3-5-12(17)6-4-11)18-16(20)14-9-13(21-2)7-8-15(14)19/h3-10,19H,1-2H3,(H,18,20). The Morgan fingerprint density at radius 3 is 2.52 bits per heavy atom. The van der Waals surface area contributed by atoms with Gasteiger partial charge in [0.1, 0.15) is 11.5 Å². The Morgan fingerprint density at radius 1 is 1.24 bits per heavy atom. The van der Waals surface area contributed by atoms with E-state index in [1.807, 2.05) is 19.1 Å². The number of rotatable bonds is 4. The fourth-order valence-corrected chi connectivity index (χ4v) is 2.06. The average Bonchev–Trinajstić information content (AvgIpc) is 2.48. The molecule has 2 aromatic rings. The van der Waals surface area contributed by atoms with Crippen molar-refractivity contribution in [3.63, 3.8) is 0 Å². The number of nitrogens with one attached hydrogen (secondary N) is 1. The van der Waals surface area contributed by atoms with E-state index < -0.39 is 0 Å². The van der Waals surface area contributed by atoms with Crippen LogP contribution in [0.1, 0.15) is 28.9 Å². The van der Waals surface area contributed by atoms with Crippen molar-refractivity contribution in [1.29, 1.82) is 0 Å². The van der Waals surface area contributed by atoms with Crippen molar-refractivity contribution in [2.75, 3.05) is 7.11 Å². The molecule has 0 aliphatic heterocycles. The van der Waals surface area contributed by atoms with Gasteiger partial charge in [0, 0.05) is 5.02 Å². The number of hydrogen-bond acceptors (Lipinski definition) is 3. The Labute approximate surface area is 128 Å². The van der Waals surface area contributed by atoms with Gasteiger partial charge in [-0.05, 0) is 42.8 Å². The van der Waals surface area contributed by atoms with Gasteiger partial charge in [0.05, 0.1) is 18.7 Å². The minimum absolute atomic E-state index is 0.0865. The smallest absolute Gasteiger partial charge is 0.255 e. The first kappa shape index (κ1) is 15.2. The Kier molecular flexibility index (Phi) is 4.70. The molecule has 1 unspecified atom stereocenters. The normalized spacial score (nSPS) is 11.8. The molecule has 2 rings (SSSR count). The van der Waals surface area contributed by atoms with Gasteiger partial charge in [-0.15, -0.1) is 0 Å². The summed E-state index contributed by atoms with van der Waals surface area (Å²) in [6.45, 7) is 1.86. The maximum absolute atomic E-state index is 12.2. The maximum atomic E-state index is 12.2. The highest BCUT2D eigenvalue weighted by Gasteiger charge is 2.15. The van der Waals surface area contributed by atoms with E-state index in [1.54, 1.807) is 18.2 Å².